The molecule has 2 aromatic rings. The Bertz CT molecular complexity index is 788. The quantitative estimate of drug-likeness (QED) is 0.691. The number of para-hydroxylation sites is 1. The van der Waals surface area contributed by atoms with Crippen LogP contribution in [0.15, 0.2) is 36.4 Å². The topological polar surface area (TPSA) is 90.7 Å². The van der Waals surface area contributed by atoms with Gasteiger partial charge in [-0.25, -0.2) is 0 Å². The van der Waals surface area contributed by atoms with Crippen molar-refractivity contribution in [3.05, 3.63) is 57.6 Å². The number of carbonyl (C=O) groups excluding carboxylic acids is 1. The number of fused-ring (bicyclic) bond motifs is 1. The first kappa shape index (κ1) is 14.8. The van der Waals surface area contributed by atoms with Gasteiger partial charge in [-0.3, -0.25) is 14.9 Å². The van der Waals surface area contributed by atoms with E-state index in [1.807, 2.05) is 19.1 Å². The number of nitrogens with zero attached hydrogens (tertiary/aromatic N) is 1. The lowest BCUT2D eigenvalue weighted by atomic mass is 10.1. The van der Waals surface area contributed by atoms with Crippen molar-refractivity contribution >= 4 is 17.3 Å². The largest absolute Gasteiger partial charge is 0.454 e. The fraction of sp³-hybridized carbons (Fsp3) is 0.188. The molecule has 1 heterocycles. The molecule has 0 saturated heterocycles. The Morgan fingerprint density at radius 1 is 1.26 bits per heavy atom. The van der Waals surface area contributed by atoms with E-state index in [4.69, 9.17) is 9.47 Å². The molecule has 1 aliphatic rings. The second kappa shape index (κ2) is 5.96. The van der Waals surface area contributed by atoms with Crippen molar-refractivity contribution in [3.8, 4) is 11.5 Å². The summed E-state index contributed by atoms with van der Waals surface area (Å²) in [6.45, 7) is 1.95. The molecule has 1 N–H and O–H groups in total. The molecule has 1 amide bonds. The predicted molar refractivity (Wildman–Crippen MR) is 83.0 cm³/mol. The number of hydrogen-bond donors (Lipinski definition) is 1. The van der Waals surface area contributed by atoms with Crippen molar-refractivity contribution in [3.63, 3.8) is 0 Å². The normalized spacial score (nSPS) is 12.0. The van der Waals surface area contributed by atoms with Gasteiger partial charge in [0.05, 0.1) is 11.0 Å². The van der Waals surface area contributed by atoms with Gasteiger partial charge in [0.2, 0.25) is 6.79 Å². The fourth-order valence-corrected chi connectivity index (χ4v) is 2.40. The molecular formula is C16H14N2O5. The van der Waals surface area contributed by atoms with E-state index in [1.165, 1.54) is 12.1 Å². The Labute approximate surface area is 132 Å². The third-order valence-corrected chi connectivity index (χ3v) is 3.58. The van der Waals surface area contributed by atoms with Crippen molar-refractivity contribution in [2.75, 3.05) is 12.1 Å². The summed E-state index contributed by atoms with van der Waals surface area (Å²) in [6, 6.07) is 9.87. The summed E-state index contributed by atoms with van der Waals surface area (Å²) in [6.07, 6.45) is 0.736. The van der Waals surface area contributed by atoms with E-state index in [0.29, 0.717) is 11.4 Å². The zero-order valence-electron chi connectivity index (χ0n) is 12.4. The predicted octanol–water partition coefficient (Wildman–Crippen LogP) is 3.14. The van der Waals surface area contributed by atoms with E-state index in [-0.39, 0.29) is 23.8 Å². The second-order valence-corrected chi connectivity index (χ2v) is 4.94. The molecule has 0 bridgehead atoms. The van der Waals surface area contributed by atoms with Crippen LogP contribution < -0.4 is 14.8 Å². The molecule has 7 heteroatoms. The number of nitro groups is 1. The monoisotopic (exact) mass is 314 g/mol. The average Bonchev–Trinajstić information content (AvgIpc) is 3.01. The van der Waals surface area contributed by atoms with Gasteiger partial charge in [0.25, 0.3) is 11.6 Å². The first-order chi connectivity index (χ1) is 11.1. The van der Waals surface area contributed by atoms with Crippen molar-refractivity contribution < 1.29 is 19.2 Å². The number of anilines is 1. The number of ether oxygens (including phenoxy) is 2. The molecule has 0 saturated carbocycles. The van der Waals surface area contributed by atoms with Crippen LogP contribution in [0.5, 0.6) is 11.5 Å². The lowest BCUT2D eigenvalue weighted by molar-refractivity contribution is -0.385. The Hall–Kier alpha value is -3.09. The summed E-state index contributed by atoms with van der Waals surface area (Å²) < 4.78 is 10.3. The molecule has 0 unspecified atom stereocenters. The first-order valence-corrected chi connectivity index (χ1v) is 7.07. The highest BCUT2D eigenvalue weighted by atomic mass is 16.7. The van der Waals surface area contributed by atoms with Gasteiger partial charge >= 0.3 is 0 Å². The lowest BCUT2D eigenvalue weighted by Crippen LogP contribution is -2.15. The summed E-state index contributed by atoms with van der Waals surface area (Å²) in [7, 11) is 0. The van der Waals surface area contributed by atoms with Crippen molar-refractivity contribution in [2.24, 2.45) is 0 Å². The molecule has 0 fully saturated rings. The molecule has 0 radical (unpaired) electrons. The highest BCUT2D eigenvalue weighted by molar-refractivity contribution is 6.08. The molecule has 118 valence electrons. The molecule has 0 aromatic heterocycles. The number of benzene rings is 2. The molecule has 3 rings (SSSR count). The van der Waals surface area contributed by atoms with Gasteiger partial charge in [-0.05, 0) is 18.1 Å². The van der Waals surface area contributed by atoms with Crippen molar-refractivity contribution in [2.45, 2.75) is 13.3 Å². The first-order valence-electron chi connectivity index (χ1n) is 7.07. The number of nitro benzene ring substituents is 1. The number of rotatable bonds is 4. The SMILES string of the molecule is CCc1ccccc1NC(=O)c1cc2c(cc1[N+](=O)[O-])OCO2. The number of aryl methyl sites for hydroxylation is 1. The van der Waals surface area contributed by atoms with Crippen LogP contribution >= 0.6 is 0 Å². The average molecular weight is 314 g/mol. The Balaban J connectivity index is 1.97. The zero-order valence-corrected chi connectivity index (χ0v) is 12.4. The minimum atomic E-state index is -0.609. The van der Waals surface area contributed by atoms with Crippen molar-refractivity contribution in [1.29, 1.82) is 0 Å². The highest BCUT2D eigenvalue weighted by Crippen LogP contribution is 2.38. The van der Waals surface area contributed by atoms with Crippen LogP contribution in [0.2, 0.25) is 0 Å². The van der Waals surface area contributed by atoms with Gasteiger partial charge in [0, 0.05) is 11.8 Å². The minimum Gasteiger partial charge on any atom is -0.454 e. The lowest BCUT2D eigenvalue weighted by Gasteiger charge is -2.10. The molecule has 23 heavy (non-hydrogen) atoms. The zero-order chi connectivity index (χ0) is 16.4. The van der Waals surface area contributed by atoms with Crippen LogP contribution in [0, 0.1) is 10.1 Å². The molecule has 1 aliphatic heterocycles. The smallest absolute Gasteiger partial charge is 0.286 e. The van der Waals surface area contributed by atoms with Gasteiger partial charge in [0.1, 0.15) is 5.56 Å². The minimum absolute atomic E-state index is 0.0176. The van der Waals surface area contributed by atoms with Gasteiger partial charge in [-0.15, -0.1) is 0 Å². The summed E-state index contributed by atoms with van der Waals surface area (Å²) in [4.78, 5) is 23.1. The summed E-state index contributed by atoms with van der Waals surface area (Å²) in [5.41, 5.74) is 1.20. The maximum atomic E-state index is 12.5. The molecular weight excluding hydrogens is 300 g/mol. The van der Waals surface area contributed by atoms with E-state index < -0.39 is 10.8 Å². The fourth-order valence-electron chi connectivity index (χ4n) is 2.40. The third kappa shape index (κ3) is 2.80. The molecule has 0 aliphatic carbocycles. The van der Waals surface area contributed by atoms with Gasteiger partial charge < -0.3 is 14.8 Å². The van der Waals surface area contributed by atoms with E-state index in [9.17, 15) is 14.9 Å². The standard InChI is InChI=1S/C16H14N2O5/c1-2-10-5-3-4-6-12(10)17-16(19)11-7-14-15(23-9-22-14)8-13(11)18(20)21/h3-8H,2,9H2,1H3,(H,17,19). The van der Waals surface area contributed by atoms with Gasteiger partial charge in [-0.1, -0.05) is 25.1 Å². The molecule has 2 aromatic carbocycles. The molecule has 0 spiro atoms. The maximum absolute atomic E-state index is 12.5. The van der Waals surface area contributed by atoms with Crippen LogP contribution in [-0.4, -0.2) is 17.6 Å². The van der Waals surface area contributed by atoms with E-state index in [0.717, 1.165) is 12.0 Å². The van der Waals surface area contributed by atoms with Crippen LogP contribution in [0.4, 0.5) is 11.4 Å². The number of nitrogens with one attached hydrogen (secondary N) is 1. The molecule has 7 nitrogen and oxygen atoms in total. The third-order valence-electron chi connectivity index (χ3n) is 3.58. The number of hydrogen-bond acceptors (Lipinski definition) is 5. The van der Waals surface area contributed by atoms with E-state index in [2.05, 4.69) is 5.32 Å². The summed E-state index contributed by atoms with van der Waals surface area (Å²) in [5, 5.41) is 14.0. The maximum Gasteiger partial charge on any atom is 0.286 e. The second-order valence-electron chi connectivity index (χ2n) is 4.94. The number of amides is 1. The van der Waals surface area contributed by atoms with Crippen molar-refractivity contribution in [1.82, 2.24) is 0 Å². The summed E-state index contributed by atoms with van der Waals surface area (Å²) >= 11 is 0. The van der Waals surface area contributed by atoms with Crippen LogP contribution in [0.3, 0.4) is 0 Å². The van der Waals surface area contributed by atoms with E-state index in [1.54, 1.807) is 12.1 Å². The van der Waals surface area contributed by atoms with Crippen LogP contribution in [-0.2, 0) is 6.42 Å². The van der Waals surface area contributed by atoms with Crippen LogP contribution in [0.25, 0.3) is 0 Å². The van der Waals surface area contributed by atoms with Gasteiger partial charge in [-0.2, -0.15) is 0 Å². The van der Waals surface area contributed by atoms with Gasteiger partial charge in [0.15, 0.2) is 11.5 Å². The number of carbonyl (C=O) groups is 1. The molecule has 0 atom stereocenters. The Morgan fingerprint density at radius 3 is 2.65 bits per heavy atom. The van der Waals surface area contributed by atoms with E-state index >= 15 is 0 Å². The highest BCUT2D eigenvalue weighted by Gasteiger charge is 2.27. The Morgan fingerprint density at radius 2 is 1.96 bits per heavy atom. The summed E-state index contributed by atoms with van der Waals surface area (Å²) in [5.74, 6) is 0.0302. The van der Waals surface area contributed by atoms with Crippen LogP contribution in [0.1, 0.15) is 22.8 Å². The Kier molecular flexibility index (Phi) is 3.84.